The molecule has 174 valence electrons. The molecule has 1 N–H and O–H groups in total. The van der Waals surface area contributed by atoms with E-state index in [4.69, 9.17) is 0 Å². The van der Waals surface area contributed by atoms with Gasteiger partial charge in [-0.3, -0.25) is 4.98 Å². The molecule has 3 heterocycles. The molecule has 6 nitrogen and oxygen atoms in total. The maximum Gasteiger partial charge on any atom is 0.216 e. The van der Waals surface area contributed by atoms with Gasteiger partial charge in [-0.25, -0.2) is 27.5 Å². The van der Waals surface area contributed by atoms with Crippen LogP contribution in [0.3, 0.4) is 0 Å². The summed E-state index contributed by atoms with van der Waals surface area (Å²) in [4.78, 5) is 12.0. The van der Waals surface area contributed by atoms with Crippen LogP contribution in [0.4, 0.5) is 13.2 Å². The highest BCUT2D eigenvalue weighted by atomic mass is 32.2. The topological polar surface area (TPSA) is 84.8 Å². The number of benzene rings is 1. The first-order valence-corrected chi connectivity index (χ1v) is 11.4. The predicted octanol–water partition coefficient (Wildman–Crippen LogP) is 3.87. The Labute approximate surface area is 195 Å². The minimum Gasteiger partial charge on any atom is -0.256 e. The molecule has 0 aliphatic heterocycles. The highest BCUT2D eigenvalue weighted by Crippen LogP contribution is 2.43. The number of rotatable bonds is 8. The second-order valence-electron chi connectivity index (χ2n) is 7.42. The summed E-state index contributed by atoms with van der Waals surface area (Å²) in [6.07, 6.45) is 2.58. The molecule has 0 aliphatic carbocycles. The molecule has 4 aromatic rings. The molecular formula is C24H19F3N4O2S. The Morgan fingerprint density at radius 2 is 1.38 bits per heavy atom. The number of pyridine rings is 3. The van der Waals surface area contributed by atoms with Crippen LogP contribution in [0.1, 0.15) is 39.9 Å². The van der Waals surface area contributed by atoms with Gasteiger partial charge >= 0.3 is 0 Å². The molecule has 0 aliphatic rings. The molecule has 3 aromatic heterocycles. The van der Waals surface area contributed by atoms with Gasteiger partial charge in [0.25, 0.3) is 0 Å². The molecule has 10 heteroatoms. The van der Waals surface area contributed by atoms with E-state index in [-0.39, 0.29) is 17.7 Å². The molecule has 4 rings (SSSR count). The van der Waals surface area contributed by atoms with Crippen molar-refractivity contribution in [3.63, 3.8) is 0 Å². The highest BCUT2D eigenvalue weighted by Gasteiger charge is 2.33. The summed E-state index contributed by atoms with van der Waals surface area (Å²) in [5.41, 5.74) is 1.57. The summed E-state index contributed by atoms with van der Waals surface area (Å²) < 4.78 is 67.9. The van der Waals surface area contributed by atoms with Gasteiger partial charge in [0, 0.05) is 41.1 Å². The maximum atomic E-state index is 15.0. The molecule has 1 unspecified atom stereocenters. The van der Waals surface area contributed by atoms with Crippen LogP contribution in [-0.4, -0.2) is 23.4 Å². The minimum atomic E-state index is -2.84. The van der Waals surface area contributed by atoms with Crippen LogP contribution in [0.5, 0.6) is 0 Å². The van der Waals surface area contributed by atoms with Crippen molar-refractivity contribution in [2.75, 3.05) is 0 Å². The Balaban J connectivity index is 1.95. The van der Waals surface area contributed by atoms with Crippen molar-refractivity contribution in [2.24, 2.45) is 0 Å². The second-order valence-corrected chi connectivity index (χ2v) is 8.25. The summed E-state index contributed by atoms with van der Waals surface area (Å²) >= 11 is 0. The lowest BCUT2D eigenvalue weighted by Crippen LogP contribution is -2.20. The van der Waals surface area contributed by atoms with Gasteiger partial charge < -0.3 is 0 Å². The normalized spacial score (nSPS) is 12.3. The first kappa shape index (κ1) is 23.5. The molecule has 0 amide bonds. The van der Waals surface area contributed by atoms with Crippen molar-refractivity contribution in [1.29, 1.82) is 0 Å². The first-order valence-electron chi connectivity index (χ1n) is 10.2. The van der Waals surface area contributed by atoms with Gasteiger partial charge in [0.05, 0.1) is 12.2 Å². The molecule has 34 heavy (non-hydrogen) atoms. The monoisotopic (exact) mass is 484 g/mol. The van der Waals surface area contributed by atoms with Crippen LogP contribution in [0.15, 0.2) is 79.1 Å². The zero-order chi connectivity index (χ0) is 24.1. The van der Waals surface area contributed by atoms with Crippen molar-refractivity contribution in [3.05, 3.63) is 125 Å². The molecule has 1 aromatic carbocycles. The Morgan fingerprint density at radius 3 is 1.94 bits per heavy atom. The van der Waals surface area contributed by atoms with E-state index < -0.39 is 40.4 Å². The smallest absolute Gasteiger partial charge is 0.216 e. The van der Waals surface area contributed by atoms with Gasteiger partial charge in [-0.2, -0.15) is 8.78 Å². The maximum absolute atomic E-state index is 15.0. The summed E-state index contributed by atoms with van der Waals surface area (Å²) in [6.45, 7) is -0.0597. The lowest BCUT2D eigenvalue weighted by Gasteiger charge is -2.28. The van der Waals surface area contributed by atoms with E-state index in [0.717, 1.165) is 0 Å². The first-order chi connectivity index (χ1) is 16.4. The van der Waals surface area contributed by atoms with Crippen LogP contribution in [-0.2, 0) is 17.4 Å². The van der Waals surface area contributed by atoms with Crippen LogP contribution in [0.25, 0.3) is 0 Å². The predicted molar refractivity (Wildman–Crippen MR) is 120 cm³/mol. The number of hydrogen-bond donors (Lipinski definition) is 2. The van der Waals surface area contributed by atoms with Crippen molar-refractivity contribution >= 4 is 10.9 Å². The number of aromatic nitrogens is 3. The van der Waals surface area contributed by atoms with Crippen LogP contribution in [0, 0.1) is 17.7 Å². The third kappa shape index (κ3) is 5.29. The largest absolute Gasteiger partial charge is 0.256 e. The summed E-state index contributed by atoms with van der Waals surface area (Å²) in [7, 11) is -2.84. The van der Waals surface area contributed by atoms with E-state index >= 15 is 0 Å². The lowest BCUT2D eigenvalue weighted by molar-refractivity contribution is 0.512. The fourth-order valence-corrected chi connectivity index (χ4v) is 4.20. The van der Waals surface area contributed by atoms with Gasteiger partial charge in [0.1, 0.15) is 5.82 Å². The Kier molecular flexibility index (Phi) is 7.29. The van der Waals surface area contributed by atoms with Crippen molar-refractivity contribution < 1.29 is 21.6 Å². The standard InChI is InChI=1S/C24H19F3N4O2S/c25-16-10-8-15(9-11-16)21(20-7-1-4-17(31-20)14-30-34(32)33)22(18-5-2-12-28-23(18)26)19-6-3-13-29-24(19)27/h1-13,21-22,34H,14H2,(H,30,32,33). The lowest BCUT2D eigenvalue weighted by atomic mass is 9.76. The molecule has 0 radical (unpaired) electrons. The number of nitrogens with zero attached hydrogens (tertiary/aromatic N) is 3. The van der Waals surface area contributed by atoms with Gasteiger partial charge in [0.2, 0.25) is 22.8 Å². The average molecular weight is 485 g/mol. The van der Waals surface area contributed by atoms with Gasteiger partial charge in [-0.05, 0) is 42.0 Å². The molecule has 0 fully saturated rings. The zero-order valence-electron chi connectivity index (χ0n) is 17.6. The summed E-state index contributed by atoms with van der Waals surface area (Å²) in [5.74, 6) is -3.78. The molecule has 0 bridgehead atoms. The van der Waals surface area contributed by atoms with Crippen molar-refractivity contribution in [3.8, 4) is 0 Å². The molecule has 0 spiro atoms. The highest BCUT2D eigenvalue weighted by molar-refractivity contribution is 7.70. The molecule has 1 atom stereocenters. The zero-order valence-corrected chi connectivity index (χ0v) is 18.5. The van der Waals surface area contributed by atoms with Crippen molar-refractivity contribution in [1.82, 2.24) is 19.7 Å². The number of hydrogen-bond acceptors (Lipinski definition) is 5. The molecule has 0 saturated carbocycles. The van der Waals surface area contributed by atoms with Crippen LogP contribution >= 0.6 is 0 Å². The van der Waals surface area contributed by atoms with E-state index in [1.807, 2.05) is 0 Å². The fourth-order valence-electron chi connectivity index (χ4n) is 3.91. The van der Waals surface area contributed by atoms with E-state index in [2.05, 4.69) is 19.7 Å². The van der Waals surface area contributed by atoms with E-state index in [0.29, 0.717) is 17.0 Å². The Morgan fingerprint density at radius 1 is 0.765 bits per heavy atom. The third-order valence-corrected chi connectivity index (χ3v) is 5.76. The number of nitrogens with one attached hydrogen (secondary N) is 1. The van der Waals surface area contributed by atoms with Gasteiger partial charge in [-0.1, -0.05) is 30.3 Å². The second kappa shape index (κ2) is 10.5. The van der Waals surface area contributed by atoms with Gasteiger partial charge in [-0.15, -0.1) is 0 Å². The number of halogens is 3. The fraction of sp³-hybridized carbons (Fsp3) is 0.125. The molecule has 0 saturated heterocycles. The van der Waals surface area contributed by atoms with Gasteiger partial charge in [0.15, 0.2) is 0 Å². The third-order valence-electron chi connectivity index (χ3n) is 5.34. The minimum absolute atomic E-state index is 0.0597. The summed E-state index contributed by atoms with van der Waals surface area (Å²) in [6, 6.07) is 16.6. The number of thiol groups is 1. The summed E-state index contributed by atoms with van der Waals surface area (Å²) in [5, 5.41) is 0. The van der Waals surface area contributed by atoms with Crippen molar-refractivity contribution in [2.45, 2.75) is 18.4 Å². The quantitative estimate of drug-likeness (QED) is 0.293. The van der Waals surface area contributed by atoms with E-state index in [9.17, 15) is 21.6 Å². The Bertz CT molecular complexity index is 1310. The van der Waals surface area contributed by atoms with Crippen LogP contribution < -0.4 is 4.72 Å². The Hall–Kier alpha value is -3.63. The SMILES string of the molecule is O=[SH](=O)NCc1cccc(C(c2ccc(F)cc2)C(c2cccnc2F)c2cccnc2F)n1. The van der Waals surface area contributed by atoms with Crippen LogP contribution in [0.2, 0.25) is 0 Å². The molecular weight excluding hydrogens is 465 g/mol. The van der Waals surface area contributed by atoms with E-state index in [1.54, 1.807) is 30.3 Å². The average Bonchev–Trinajstić information content (AvgIpc) is 2.83. The van der Waals surface area contributed by atoms with E-state index in [1.165, 1.54) is 48.8 Å².